The Morgan fingerprint density at radius 2 is 2.12 bits per heavy atom. The van der Waals surface area contributed by atoms with Crippen molar-refractivity contribution in [3.63, 3.8) is 0 Å². The van der Waals surface area contributed by atoms with Gasteiger partial charge in [-0.1, -0.05) is 18.2 Å². The molecule has 0 radical (unpaired) electrons. The van der Waals surface area contributed by atoms with Crippen molar-refractivity contribution in [2.45, 2.75) is 32.1 Å². The van der Waals surface area contributed by atoms with Gasteiger partial charge in [0.15, 0.2) is 0 Å². The van der Waals surface area contributed by atoms with Crippen molar-refractivity contribution >= 4 is 11.6 Å². The molecule has 1 amide bonds. The average molecular weight is 227 g/mol. The van der Waals surface area contributed by atoms with Crippen LogP contribution in [0.5, 0.6) is 0 Å². The molecule has 0 unspecified atom stereocenters. The number of nitrogens with zero attached hydrogens (tertiary/aromatic N) is 1. The molecule has 0 atom stereocenters. The molecule has 2 heteroatoms. The van der Waals surface area contributed by atoms with Crippen LogP contribution in [0.15, 0.2) is 24.3 Å². The molecule has 0 bridgehead atoms. The van der Waals surface area contributed by atoms with Crippen LogP contribution in [0.2, 0.25) is 0 Å². The van der Waals surface area contributed by atoms with Crippen LogP contribution in [0.4, 0.5) is 5.69 Å². The van der Waals surface area contributed by atoms with Gasteiger partial charge >= 0.3 is 0 Å². The maximum Gasteiger partial charge on any atom is 0.226 e. The fourth-order valence-electron chi connectivity index (χ4n) is 2.27. The summed E-state index contributed by atoms with van der Waals surface area (Å²) < 4.78 is 0. The van der Waals surface area contributed by atoms with E-state index in [9.17, 15) is 4.79 Å². The Morgan fingerprint density at radius 1 is 1.29 bits per heavy atom. The van der Waals surface area contributed by atoms with E-state index >= 15 is 0 Å². The number of carbonyl (C=O) groups excluding carboxylic acids is 1. The lowest BCUT2D eigenvalue weighted by Gasteiger charge is -2.22. The molecular formula is C15H17NO. The van der Waals surface area contributed by atoms with E-state index in [1.165, 1.54) is 5.56 Å². The molecule has 1 aliphatic heterocycles. The van der Waals surface area contributed by atoms with E-state index in [4.69, 9.17) is 6.42 Å². The fourth-order valence-corrected chi connectivity index (χ4v) is 2.27. The summed E-state index contributed by atoms with van der Waals surface area (Å²) in [5.74, 6) is 2.85. The highest BCUT2D eigenvalue weighted by Crippen LogP contribution is 2.26. The minimum absolute atomic E-state index is 0.229. The second kappa shape index (κ2) is 5.54. The molecule has 0 fully saturated rings. The highest BCUT2D eigenvalue weighted by atomic mass is 16.2. The van der Waals surface area contributed by atoms with Crippen LogP contribution in [0.1, 0.15) is 31.2 Å². The average Bonchev–Trinajstić information content (AvgIpc) is 2.50. The zero-order valence-corrected chi connectivity index (χ0v) is 9.98. The number of aryl methyl sites for hydroxylation is 1. The van der Waals surface area contributed by atoms with Crippen molar-refractivity contribution in [1.29, 1.82) is 0 Å². The van der Waals surface area contributed by atoms with Crippen molar-refractivity contribution in [2.24, 2.45) is 0 Å². The number of carbonyl (C=O) groups is 1. The van der Waals surface area contributed by atoms with Gasteiger partial charge in [-0.2, -0.15) is 0 Å². The Bertz CT molecular complexity index is 444. The summed E-state index contributed by atoms with van der Waals surface area (Å²) in [6.07, 6.45) is 9.43. The van der Waals surface area contributed by atoms with Gasteiger partial charge in [0.1, 0.15) is 0 Å². The molecule has 0 saturated carbocycles. The van der Waals surface area contributed by atoms with Crippen LogP contribution in [0, 0.1) is 12.3 Å². The zero-order chi connectivity index (χ0) is 12.1. The summed E-state index contributed by atoms with van der Waals surface area (Å²) in [5.41, 5.74) is 2.35. The maximum atomic E-state index is 12.0. The number of amides is 1. The normalized spacial score (nSPS) is 15.0. The molecule has 0 N–H and O–H groups in total. The first-order chi connectivity index (χ1) is 8.33. The Kier molecular flexibility index (Phi) is 3.82. The topological polar surface area (TPSA) is 20.3 Å². The Morgan fingerprint density at radius 3 is 2.94 bits per heavy atom. The van der Waals surface area contributed by atoms with E-state index in [2.05, 4.69) is 12.0 Å². The van der Waals surface area contributed by atoms with Gasteiger partial charge in [0, 0.05) is 25.1 Å². The molecule has 0 aliphatic carbocycles. The van der Waals surface area contributed by atoms with E-state index in [1.807, 2.05) is 23.1 Å². The van der Waals surface area contributed by atoms with Gasteiger partial charge in [0.25, 0.3) is 0 Å². The van der Waals surface area contributed by atoms with Crippen molar-refractivity contribution in [2.75, 3.05) is 11.4 Å². The fraction of sp³-hybridized carbons (Fsp3) is 0.400. The van der Waals surface area contributed by atoms with Crippen molar-refractivity contribution in [3.05, 3.63) is 29.8 Å². The summed E-state index contributed by atoms with van der Waals surface area (Å²) >= 11 is 0. The summed E-state index contributed by atoms with van der Waals surface area (Å²) in [4.78, 5) is 13.9. The number of rotatable bonds is 3. The van der Waals surface area contributed by atoms with Crippen LogP contribution in [-0.4, -0.2) is 12.5 Å². The van der Waals surface area contributed by atoms with Gasteiger partial charge in [-0.05, 0) is 30.9 Å². The first-order valence-electron chi connectivity index (χ1n) is 6.14. The number of terminal acetylenes is 1. The van der Waals surface area contributed by atoms with Gasteiger partial charge in [0.2, 0.25) is 5.91 Å². The second-order valence-electron chi connectivity index (χ2n) is 4.34. The van der Waals surface area contributed by atoms with E-state index in [1.54, 1.807) is 0 Å². The van der Waals surface area contributed by atoms with E-state index in [0.717, 1.165) is 37.9 Å². The molecule has 1 aromatic rings. The molecule has 1 heterocycles. The smallest absolute Gasteiger partial charge is 0.226 e. The number of anilines is 1. The molecule has 0 aromatic heterocycles. The van der Waals surface area contributed by atoms with Gasteiger partial charge in [-0.3, -0.25) is 4.79 Å². The zero-order valence-electron chi connectivity index (χ0n) is 9.98. The minimum Gasteiger partial charge on any atom is -0.312 e. The van der Waals surface area contributed by atoms with Gasteiger partial charge in [-0.15, -0.1) is 12.3 Å². The van der Waals surface area contributed by atoms with Crippen molar-refractivity contribution in [1.82, 2.24) is 0 Å². The predicted molar refractivity (Wildman–Crippen MR) is 69.8 cm³/mol. The van der Waals surface area contributed by atoms with Crippen LogP contribution in [0.3, 0.4) is 0 Å². The molecule has 0 spiro atoms. The molecule has 0 saturated heterocycles. The Labute approximate surface area is 103 Å². The number of unbranched alkanes of at least 4 members (excludes halogenated alkanes) is 1. The lowest BCUT2D eigenvalue weighted by atomic mass is 10.1. The predicted octanol–water partition coefficient (Wildman–Crippen LogP) is 2.77. The third-order valence-corrected chi connectivity index (χ3v) is 3.12. The quantitative estimate of drug-likeness (QED) is 0.574. The summed E-state index contributed by atoms with van der Waals surface area (Å²) in [5, 5.41) is 0. The van der Waals surface area contributed by atoms with E-state index in [-0.39, 0.29) is 5.91 Å². The second-order valence-corrected chi connectivity index (χ2v) is 4.34. The van der Waals surface area contributed by atoms with Gasteiger partial charge in [-0.25, -0.2) is 0 Å². The number of para-hydroxylation sites is 1. The van der Waals surface area contributed by atoms with Crippen LogP contribution < -0.4 is 4.90 Å². The summed E-state index contributed by atoms with van der Waals surface area (Å²) in [7, 11) is 0. The lowest BCUT2D eigenvalue weighted by Crippen LogP contribution is -2.31. The largest absolute Gasteiger partial charge is 0.312 e. The van der Waals surface area contributed by atoms with Gasteiger partial charge < -0.3 is 4.90 Å². The highest BCUT2D eigenvalue weighted by molar-refractivity contribution is 5.94. The van der Waals surface area contributed by atoms with E-state index < -0.39 is 0 Å². The number of hydrogen-bond acceptors (Lipinski definition) is 1. The molecule has 1 aromatic carbocycles. The molecule has 2 rings (SSSR count). The first kappa shape index (κ1) is 11.7. The standard InChI is InChI=1S/C15H17NO/c1-2-3-6-12-16-14-10-5-4-8-13(14)9-7-11-15(16)17/h1,4-5,8,10H,3,6-7,9,11-12H2. The Hall–Kier alpha value is -1.75. The first-order valence-corrected chi connectivity index (χ1v) is 6.14. The van der Waals surface area contributed by atoms with Crippen LogP contribution >= 0.6 is 0 Å². The monoisotopic (exact) mass is 227 g/mol. The Balaban J connectivity index is 2.21. The summed E-state index contributed by atoms with van der Waals surface area (Å²) in [6.45, 7) is 0.736. The van der Waals surface area contributed by atoms with Crippen molar-refractivity contribution in [3.8, 4) is 12.3 Å². The van der Waals surface area contributed by atoms with Gasteiger partial charge in [0.05, 0.1) is 0 Å². The van der Waals surface area contributed by atoms with Crippen LogP contribution in [-0.2, 0) is 11.2 Å². The van der Waals surface area contributed by atoms with Crippen molar-refractivity contribution < 1.29 is 4.79 Å². The lowest BCUT2D eigenvalue weighted by molar-refractivity contribution is -0.118. The molecule has 1 aliphatic rings. The molecule has 17 heavy (non-hydrogen) atoms. The third kappa shape index (κ3) is 2.68. The minimum atomic E-state index is 0.229. The molecular weight excluding hydrogens is 210 g/mol. The van der Waals surface area contributed by atoms with E-state index in [0.29, 0.717) is 6.42 Å². The third-order valence-electron chi connectivity index (χ3n) is 3.12. The molecule has 2 nitrogen and oxygen atoms in total. The highest BCUT2D eigenvalue weighted by Gasteiger charge is 2.20. The number of hydrogen-bond donors (Lipinski definition) is 0. The number of fused-ring (bicyclic) bond motifs is 1. The van der Waals surface area contributed by atoms with Crippen LogP contribution in [0.25, 0.3) is 0 Å². The summed E-state index contributed by atoms with van der Waals surface area (Å²) in [6, 6.07) is 8.18. The molecule has 88 valence electrons. The number of benzene rings is 1. The maximum absolute atomic E-state index is 12.0. The SMILES string of the molecule is C#CCCCN1C(=O)CCCc2ccccc21.